The van der Waals surface area contributed by atoms with E-state index in [0.717, 1.165) is 5.56 Å². The van der Waals surface area contributed by atoms with Crippen LogP contribution >= 0.6 is 0 Å². The topological polar surface area (TPSA) is 141 Å². The van der Waals surface area contributed by atoms with E-state index in [1.165, 1.54) is 4.52 Å². The van der Waals surface area contributed by atoms with Gasteiger partial charge in [0.15, 0.2) is 5.69 Å². The zero-order valence-electron chi connectivity index (χ0n) is 13.6. The lowest BCUT2D eigenvalue weighted by molar-refractivity contribution is 0.394. The van der Waals surface area contributed by atoms with E-state index < -0.39 is 5.56 Å². The Balaban J connectivity index is 1.74. The number of aromatic nitrogens is 8. The summed E-state index contributed by atoms with van der Waals surface area (Å²) < 4.78 is 11.4. The average molecular weight is 350 g/mol. The van der Waals surface area contributed by atoms with Gasteiger partial charge in [-0.2, -0.15) is 9.97 Å². The first-order valence-corrected chi connectivity index (χ1v) is 7.62. The monoisotopic (exact) mass is 350 g/mol. The first kappa shape index (κ1) is 14.5. The van der Waals surface area contributed by atoms with Crippen LogP contribution in [0.5, 0.6) is 0 Å². The van der Waals surface area contributed by atoms with Crippen LogP contribution in [0.1, 0.15) is 11.8 Å². The second kappa shape index (κ2) is 5.05. The smallest absolute Gasteiger partial charge is 0.293 e. The normalized spacial score (nSPS) is 11.6. The van der Waals surface area contributed by atoms with Gasteiger partial charge in [-0.1, -0.05) is 10.3 Å². The Bertz CT molecular complexity index is 1340. The van der Waals surface area contributed by atoms with Crippen molar-refractivity contribution in [3.05, 3.63) is 40.3 Å². The Morgan fingerprint density at radius 2 is 1.69 bits per heavy atom. The van der Waals surface area contributed by atoms with E-state index in [2.05, 4.69) is 35.3 Å². The molecule has 0 atom stereocenters. The molecule has 4 aromatic heterocycles. The lowest BCUT2D eigenvalue weighted by atomic mass is 10.2. The molecule has 5 aromatic rings. The molecule has 0 spiro atoms. The Morgan fingerprint density at radius 1 is 0.962 bits per heavy atom. The van der Waals surface area contributed by atoms with Gasteiger partial charge in [-0.3, -0.25) is 9.89 Å². The number of rotatable bonds is 2. The van der Waals surface area contributed by atoms with Crippen molar-refractivity contribution in [3.63, 3.8) is 0 Å². The first-order valence-electron chi connectivity index (χ1n) is 7.62. The molecule has 0 aliphatic heterocycles. The molecule has 0 amide bonds. The predicted octanol–water partition coefficient (Wildman–Crippen LogP) is 1.29. The van der Waals surface area contributed by atoms with Gasteiger partial charge in [-0.05, 0) is 18.2 Å². The van der Waals surface area contributed by atoms with Crippen LogP contribution in [-0.4, -0.2) is 39.9 Å². The average Bonchev–Trinajstić information content (AvgIpc) is 3.32. The lowest BCUT2D eigenvalue weighted by Gasteiger charge is -1.98. The second-order valence-corrected chi connectivity index (χ2v) is 5.63. The number of aryl methyl sites for hydroxylation is 2. The molecular formula is C15H10N8O3. The SMILES string of the molecule is Cc1nc(-c2ccc3nc4nc(-c5noc(C)n5)c(=O)[nH]n4c3c2)no1. The first-order chi connectivity index (χ1) is 12.6. The summed E-state index contributed by atoms with van der Waals surface area (Å²) in [7, 11) is 0. The summed E-state index contributed by atoms with van der Waals surface area (Å²) in [5.41, 5.74) is 1.62. The number of aromatic amines is 1. The molecule has 1 aromatic carbocycles. The zero-order valence-corrected chi connectivity index (χ0v) is 13.6. The third kappa shape index (κ3) is 2.10. The number of hydrogen-bond donors (Lipinski definition) is 1. The number of imidazole rings is 1. The van der Waals surface area contributed by atoms with Crippen LogP contribution in [0.2, 0.25) is 0 Å². The van der Waals surface area contributed by atoms with Gasteiger partial charge in [0, 0.05) is 19.4 Å². The van der Waals surface area contributed by atoms with Crippen LogP contribution in [0.25, 0.3) is 39.7 Å². The maximum Gasteiger partial charge on any atom is 0.293 e. The summed E-state index contributed by atoms with van der Waals surface area (Å²) in [5.74, 6) is 1.68. The highest BCUT2D eigenvalue weighted by Crippen LogP contribution is 2.22. The highest BCUT2D eigenvalue weighted by atomic mass is 16.5. The van der Waals surface area contributed by atoms with Crippen molar-refractivity contribution in [1.29, 1.82) is 0 Å². The van der Waals surface area contributed by atoms with E-state index in [-0.39, 0.29) is 11.5 Å². The maximum absolute atomic E-state index is 12.4. The second-order valence-electron chi connectivity index (χ2n) is 5.63. The van der Waals surface area contributed by atoms with Crippen LogP contribution in [0, 0.1) is 13.8 Å². The molecule has 11 nitrogen and oxygen atoms in total. The largest absolute Gasteiger partial charge is 0.339 e. The molecule has 11 heteroatoms. The summed E-state index contributed by atoms with van der Waals surface area (Å²) in [6, 6.07) is 5.41. The standard InChI is InChI=1S/C15H10N8O3/c1-6-16-12(21-25-6)8-3-4-9-10(5-8)23-15(18-9)19-11(14(24)20-23)13-17-7(2)26-22-13/h3-5H,1-2H3,(H,20,24). The molecule has 0 aliphatic carbocycles. The van der Waals surface area contributed by atoms with Crippen molar-refractivity contribution in [1.82, 2.24) is 39.9 Å². The van der Waals surface area contributed by atoms with Gasteiger partial charge in [0.25, 0.3) is 11.3 Å². The van der Waals surface area contributed by atoms with Crippen molar-refractivity contribution < 1.29 is 9.05 Å². The number of hydrogen-bond acceptors (Lipinski definition) is 9. The van der Waals surface area contributed by atoms with Gasteiger partial charge >= 0.3 is 0 Å². The third-order valence-corrected chi connectivity index (χ3v) is 3.80. The van der Waals surface area contributed by atoms with E-state index in [4.69, 9.17) is 9.05 Å². The highest BCUT2D eigenvalue weighted by Gasteiger charge is 2.17. The van der Waals surface area contributed by atoms with Gasteiger partial charge in [-0.25, -0.2) is 14.5 Å². The quantitative estimate of drug-likeness (QED) is 0.498. The molecular weight excluding hydrogens is 340 g/mol. The van der Waals surface area contributed by atoms with Crippen LogP contribution in [0.3, 0.4) is 0 Å². The molecule has 26 heavy (non-hydrogen) atoms. The number of H-pyrrole nitrogens is 1. The number of nitrogens with zero attached hydrogens (tertiary/aromatic N) is 7. The lowest BCUT2D eigenvalue weighted by Crippen LogP contribution is -2.16. The van der Waals surface area contributed by atoms with E-state index in [9.17, 15) is 4.79 Å². The molecule has 0 aliphatic rings. The molecule has 5 rings (SSSR count). The summed E-state index contributed by atoms with van der Waals surface area (Å²) in [6.07, 6.45) is 0. The van der Waals surface area contributed by atoms with Crippen LogP contribution in [-0.2, 0) is 0 Å². The molecule has 0 saturated heterocycles. The molecule has 0 saturated carbocycles. The van der Waals surface area contributed by atoms with E-state index in [1.807, 2.05) is 6.07 Å². The van der Waals surface area contributed by atoms with E-state index in [1.54, 1.807) is 26.0 Å². The fourth-order valence-corrected chi connectivity index (χ4v) is 2.66. The third-order valence-electron chi connectivity index (χ3n) is 3.80. The highest BCUT2D eigenvalue weighted by molar-refractivity contribution is 5.83. The van der Waals surface area contributed by atoms with Crippen molar-refractivity contribution in [2.45, 2.75) is 13.8 Å². The van der Waals surface area contributed by atoms with E-state index in [0.29, 0.717) is 34.4 Å². The summed E-state index contributed by atoms with van der Waals surface area (Å²) in [6.45, 7) is 3.35. The fourth-order valence-electron chi connectivity index (χ4n) is 2.66. The number of benzene rings is 1. The van der Waals surface area contributed by atoms with Gasteiger partial charge in [0.05, 0.1) is 11.0 Å². The van der Waals surface area contributed by atoms with Gasteiger partial charge < -0.3 is 9.05 Å². The molecule has 128 valence electrons. The minimum absolute atomic E-state index is 0.0404. The number of fused-ring (bicyclic) bond motifs is 3. The summed E-state index contributed by atoms with van der Waals surface area (Å²) in [5, 5.41) is 10.4. The molecule has 0 fully saturated rings. The Morgan fingerprint density at radius 3 is 2.38 bits per heavy atom. The predicted molar refractivity (Wildman–Crippen MR) is 87.2 cm³/mol. The van der Waals surface area contributed by atoms with Gasteiger partial charge in [0.1, 0.15) is 0 Å². The molecule has 0 unspecified atom stereocenters. The van der Waals surface area contributed by atoms with Crippen molar-refractivity contribution in [3.8, 4) is 22.9 Å². The van der Waals surface area contributed by atoms with Crippen molar-refractivity contribution in [2.24, 2.45) is 0 Å². The Hall–Kier alpha value is -3.89. The zero-order chi connectivity index (χ0) is 17.8. The Kier molecular flexibility index (Phi) is 2.81. The van der Waals surface area contributed by atoms with Crippen molar-refractivity contribution >= 4 is 16.8 Å². The number of nitrogens with one attached hydrogen (secondary N) is 1. The van der Waals surface area contributed by atoms with Crippen LogP contribution < -0.4 is 5.56 Å². The van der Waals surface area contributed by atoms with Gasteiger partial charge in [-0.15, -0.1) is 0 Å². The summed E-state index contributed by atoms with van der Waals surface area (Å²) >= 11 is 0. The summed E-state index contributed by atoms with van der Waals surface area (Å²) in [4.78, 5) is 29.3. The fraction of sp³-hybridized carbons (Fsp3) is 0.133. The minimum atomic E-state index is -0.460. The molecule has 4 heterocycles. The van der Waals surface area contributed by atoms with Crippen LogP contribution in [0.15, 0.2) is 32.0 Å². The molecule has 1 N–H and O–H groups in total. The minimum Gasteiger partial charge on any atom is -0.339 e. The Labute approximate surface area is 143 Å². The van der Waals surface area contributed by atoms with E-state index >= 15 is 0 Å². The van der Waals surface area contributed by atoms with Crippen molar-refractivity contribution in [2.75, 3.05) is 0 Å². The molecule has 0 bridgehead atoms. The maximum atomic E-state index is 12.4. The van der Waals surface area contributed by atoms with Crippen LogP contribution in [0.4, 0.5) is 0 Å². The molecule has 0 radical (unpaired) electrons. The van der Waals surface area contributed by atoms with Gasteiger partial charge in [0.2, 0.25) is 23.4 Å².